The van der Waals surface area contributed by atoms with E-state index in [9.17, 15) is 9.90 Å². The van der Waals surface area contributed by atoms with Crippen molar-refractivity contribution >= 4 is 28.1 Å². The fraction of sp³-hybridized carbons (Fsp3) is 0.0476. The molecule has 136 valence electrons. The molecule has 3 aromatic rings. The van der Waals surface area contributed by atoms with Crippen LogP contribution in [0.2, 0.25) is 0 Å². The lowest BCUT2D eigenvalue weighted by atomic mass is 10.2. The second-order valence-corrected chi connectivity index (χ2v) is 6.58. The molecule has 0 aliphatic heterocycles. The number of hydrogen-bond donors (Lipinski definition) is 2. The molecule has 5 nitrogen and oxygen atoms in total. The summed E-state index contributed by atoms with van der Waals surface area (Å²) in [4.78, 5) is 12.4. The van der Waals surface area contributed by atoms with Gasteiger partial charge in [-0.1, -0.05) is 52.3 Å². The van der Waals surface area contributed by atoms with E-state index < -0.39 is 5.91 Å². The highest BCUT2D eigenvalue weighted by atomic mass is 79.9. The minimum absolute atomic E-state index is 0.0914. The highest BCUT2D eigenvalue weighted by molar-refractivity contribution is 9.10. The quantitative estimate of drug-likeness (QED) is 0.452. The first-order chi connectivity index (χ1) is 13.1. The molecular weight excluding hydrogens is 408 g/mol. The van der Waals surface area contributed by atoms with Gasteiger partial charge in [0, 0.05) is 10.0 Å². The maximum atomic E-state index is 12.4. The van der Waals surface area contributed by atoms with Crippen LogP contribution in [0.15, 0.2) is 82.4 Å². The Labute approximate surface area is 165 Å². The summed E-state index contributed by atoms with van der Waals surface area (Å²) in [5, 5.41) is 13.6. The monoisotopic (exact) mass is 424 g/mol. The van der Waals surface area contributed by atoms with E-state index in [1.165, 1.54) is 6.21 Å². The molecule has 27 heavy (non-hydrogen) atoms. The second-order valence-electron chi connectivity index (χ2n) is 5.67. The van der Waals surface area contributed by atoms with E-state index in [0.29, 0.717) is 23.5 Å². The van der Waals surface area contributed by atoms with Gasteiger partial charge >= 0.3 is 0 Å². The minimum atomic E-state index is -0.395. The molecule has 0 atom stereocenters. The Kier molecular flexibility index (Phi) is 6.22. The van der Waals surface area contributed by atoms with Crippen molar-refractivity contribution in [3.8, 4) is 11.5 Å². The van der Waals surface area contributed by atoms with Crippen LogP contribution in [0.3, 0.4) is 0 Å². The zero-order valence-electron chi connectivity index (χ0n) is 14.3. The van der Waals surface area contributed by atoms with E-state index >= 15 is 0 Å². The molecule has 0 aromatic heterocycles. The van der Waals surface area contributed by atoms with Gasteiger partial charge in [0.15, 0.2) is 0 Å². The maximum Gasteiger partial charge on any atom is 0.275 e. The van der Waals surface area contributed by atoms with Crippen LogP contribution in [0.5, 0.6) is 11.5 Å². The van der Waals surface area contributed by atoms with Crippen molar-refractivity contribution in [1.29, 1.82) is 0 Å². The Morgan fingerprint density at radius 1 is 1.04 bits per heavy atom. The smallest absolute Gasteiger partial charge is 0.275 e. The molecule has 0 radical (unpaired) electrons. The Hall–Kier alpha value is -3.12. The van der Waals surface area contributed by atoms with E-state index in [-0.39, 0.29) is 5.75 Å². The fourth-order valence-corrected chi connectivity index (χ4v) is 2.60. The molecule has 0 bridgehead atoms. The van der Waals surface area contributed by atoms with Crippen molar-refractivity contribution in [3.63, 3.8) is 0 Å². The van der Waals surface area contributed by atoms with Crippen molar-refractivity contribution in [2.24, 2.45) is 5.10 Å². The number of ether oxygens (including phenoxy) is 1. The highest BCUT2D eigenvalue weighted by Crippen LogP contribution is 2.20. The molecule has 0 spiro atoms. The van der Waals surface area contributed by atoms with Crippen molar-refractivity contribution in [1.82, 2.24) is 5.43 Å². The third kappa shape index (κ3) is 5.18. The zero-order chi connectivity index (χ0) is 19.1. The van der Waals surface area contributed by atoms with Crippen LogP contribution in [-0.2, 0) is 6.61 Å². The number of aromatic hydroxyl groups is 1. The molecule has 0 aliphatic carbocycles. The number of nitrogens with zero attached hydrogens (tertiary/aromatic N) is 1. The molecule has 3 aromatic carbocycles. The third-order valence-electron chi connectivity index (χ3n) is 3.75. The average Bonchev–Trinajstić information content (AvgIpc) is 2.69. The summed E-state index contributed by atoms with van der Waals surface area (Å²) in [6.07, 6.45) is 1.39. The summed E-state index contributed by atoms with van der Waals surface area (Å²) in [5.74, 6) is 0.164. The molecule has 2 N–H and O–H groups in total. The normalized spacial score (nSPS) is 10.7. The first-order valence-electron chi connectivity index (χ1n) is 8.21. The Morgan fingerprint density at radius 3 is 2.52 bits per heavy atom. The first-order valence-corrected chi connectivity index (χ1v) is 9.00. The number of para-hydroxylation sites is 2. The van der Waals surface area contributed by atoms with Crippen molar-refractivity contribution < 1.29 is 14.6 Å². The van der Waals surface area contributed by atoms with Crippen molar-refractivity contribution in [2.75, 3.05) is 0 Å². The minimum Gasteiger partial charge on any atom is -0.507 e. The lowest BCUT2D eigenvalue weighted by Gasteiger charge is -2.10. The SMILES string of the molecule is O=C(N/N=C/c1ccccc1O)c1ccccc1OCc1ccc(Br)cc1. The van der Waals surface area contributed by atoms with Crippen LogP contribution >= 0.6 is 15.9 Å². The van der Waals surface area contributed by atoms with Crippen LogP contribution in [0.1, 0.15) is 21.5 Å². The van der Waals surface area contributed by atoms with Gasteiger partial charge in [-0.15, -0.1) is 0 Å². The van der Waals surface area contributed by atoms with Crippen LogP contribution in [-0.4, -0.2) is 17.2 Å². The number of amides is 1. The predicted octanol–water partition coefficient (Wildman–Crippen LogP) is 4.50. The number of carbonyl (C=O) groups excluding carboxylic acids is 1. The van der Waals surface area contributed by atoms with E-state index in [1.807, 2.05) is 24.3 Å². The maximum absolute atomic E-state index is 12.4. The van der Waals surface area contributed by atoms with Crippen LogP contribution in [0.25, 0.3) is 0 Å². The number of hydrazone groups is 1. The van der Waals surface area contributed by atoms with E-state index in [2.05, 4.69) is 26.5 Å². The highest BCUT2D eigenvalue weighted by Gasteiger charge is 2.11. The Bertz CT molecular complexity index is 956. The molecule has 0 fully saturated rings. The standard InChI is InChI=1S/C21H17BrN2O3/c22-17-11-9-15(10-12-17)14-27-20-8-4-2-6-18(20)21(26)24-23-13-16-5-1-3-7-19(16)25/h1-13,25H,14H2,(H,24,26)/b23-13+. The summed E-state index contributed by atoms with van der Waals surface area (Å²) in [6.45, 7) is 0.346. The molecule has 0 aliphatic rings. The van der Waals surface area contributed by atoms with Gasteiger partial charge in [0.05, 0.1) is 11.8 Å². The van der Waals surface area contributed by atoms with Gasteiger partial charge in [-0.25, -0.2) is 5.43 Å². The number of phenols is 1. The second kappa shape index (κ2) is 9.00. The summed E-state index contributed by atoms with van der Waals surface area (Å²) in [6, 6.07) is 21.5. The Balaban J connectivity index is 1.66. The summed E-state index contributed by atoms with van der Waals surface area (Å²) in [7, 11) is 0. The number of phenolic OH excluding ortho intramolecular Hbond substituents is 1. The number of rotatable bonds is 6. The molecule has 0 unspecified atom stereocenters. The fourth-order valence-electron chi connectivity index (χ4n) is 2.34. The molecule has 1 amide bonds. The van der Waals surface area contributed by atoms with Gasteiger partial charge in [-0.2, -0.15) is 5.10 Å². The zero-order valence-corrected chi connectivity index (χ0v) is 15.9. The third-order valence-corrected chi connectivity index (χ3v) is 4.27. The number of carbonyl (C=O) groups is 1. The van der Waals surface area contributed by atoms with Gasteiger partial charge in [0.2, 0.25) is 0 Å². The molecule has 0 saturated carbocycles. The average molecular weight is 425 g/mol. The molecule has 0 heterocycles. The molecule has 6 heteroatoms. The summed E-state index contributed by atoms with van der Waals surface area (Å²) in [5.41, 5.74) is 4.34. The number of nitrogens with one attached hydrogen (secondary N) is 1. The first kappa shape index (κ1) is 18.7. The van der Waals surface area contributed by atoms with Gasteiger partial charge in [-0.05, 0) is 42.0 Å². The van der Waals surface area contributed by atoms with Gasteiger partial charge in [-0.3, -0.25) is 4.79 Å². The number of hydrogen-bond acceptors (Lipinski definition) is 4. The number of halogens is 1. The topological polar surface area (TPSA) is 70.9 Å². The lowest BCUT2D eigenvalue weighted by Crippen LogP contribution is -2.18. The molecule has 3 rings (SSSR count). The Morgan fingerprint density at radius 2 is 1.74 bits per heavy atom. The molecule has 0 saturated heterocycles. The number of benzene rings is 3. The summed E-state index contributed by atoms with van der Waals surface area (Å²) < 4.78 is 6.79. The van der Waals surface area contributed by atoms with Crippen LogP contribution in [0, 0.1) is 0 Å². The van der Waals surface area contributed by atoms with Crippen molar-refractivity contribution in [2.45, 2.75) is 6.61 Å². The van der Waals surface area contributed by atoms with Gasteiger partial charge in [0.25, 0.3) is 5.91 Å². The van der Waals surface area contributed by atoms with Gasteiger partial charge < -0.3 is 9.84 Å². The van der Waals surface area contributed by atoms with Gasteiger partial charge in [0.1, 0.15) is 18.1 Å². The summed E-state index contributed by atoms with van der Waals surface area (Å²) >= 11 is 3.39. The van der Waals surface area contributed by atoms with Crippen LogP contribution in [0.4, 0.5) is 0 Å². The largest absolute Gasteiger partial charge is 0.507 e. The van der Waals surface area contributed by atoms with E-state index in [0.717, 1.165) is 10.0 Å². The predicted molar refractivity (Wildman–Crippen MR) is 108 cm³/mol. The van der Waals surface area contributed by atoms with Crippen LogP contribution < -0.4 is 10.2 Å². The van der Waals surface area contributed by atoms with E-state index in [1.54, 1.807) is 48.5 Å². The van der Waals surface area contributed by atoms with Crippen molar-refractivity contribution in [3.05, 3.63) is 94.0 Å². The molecular formula is C21H17BrN2O3. The van der Waals surface area contributed by atoms with E-state index in [4.69, 9.17) is 4.74 Å². The lowest BCUT2D eigenvalue weighted by molar-refractivity contribution is 0.0950.